The number of benzene rings is 1. The number of esters is 1. The van der Waals surface area contributed by atoms with E-state index in [2.05, 4.69) is 9.47 Å². The molecule has 0 aliphatic heterocycles. The molecule has 0 aliphatic carbocycles. The molecule has 0 aromatic heterocycles. The third-order valence-electron chi connectivity index (χ3n) is 1.33. The molecule has 0 fully saturated rings. The highest BCUT2D eigenvalue weighted by Crippen LogP contribution is 2.01. The Morgan fingerprint density at radius 3 is 2.36 bits per heavy atom. The SMILES string of the molecule is O=COC(=O)OC(=O)c1ccccc1. The molecule has 0 radical (unpaired) electrons. The monoisotopic (exact) mass is 194 g/mol. The molecule has 5 heteroatoms. The second-order valence-electron chi connectivity index (χ2n) is 2.22. The van der Waals surface area contributed by atoms with E-state index in [0.717, 1.165) is 0 Å². The maximum Gasteiger partial charge on any atom is 0.524 e. The van der Waals surface area contributed by atoms with E-state index in [1.54, 1.807) is 18.2 Å². The summed E-state index contributed by atoms with van der Waals surface area (Å²) in [6.07, 6.45) is -1.34. The molecule has 0 atom stereocenters. The fourth-order valence-electron chi connectivity index (χ4n) is 0.772. The van der Waals surface area contributed by atoms with Crippen molar-refractivity contribution in [2.45, 2.75) is 0 Å². The third-order valence-corrected chi connectivity index (χ3v) is 1.33. The van der Waals surface area contributed by atoms with Crippen LogP contribution in [0.25, 0.3) is 0 Å². The Bertz CT molecular complexity index is 343. The Morgan fingerprint density at radius 1 is 1.14 bits per heavy atom. The van der Waals surface area contributed by atoms with Crippen LogP contribution in [0.5, 0.6) is 0 Å². The highest BCUT2D eigenvalue weighted by Gasteiger charge is 2.12. The lowest BCUT2D eigenvalue weighted by Gasteiger charge is -1.99. The molecule has 0 saturated heterocycles. The molecule has 1 rings (SSSR count). The molecule has 14 heavy (non-hydrogen) atoms. The van der Waals surface area contributed by atoms with Crippen LogP contribution in [0.3, 0.4) is 0 Å². The molecule has 0 aliphatic rings. The molecule has 0 amide bonds. The van der Waals surface area contributed by atoms with Crippen LogP contribution in [0.2, 0.25) is 0 Å². The van der Waals surface area contributed by atoms with Crippen LogP contribution in [-0.2, 0) is 14.3 Å². The summed E-state index contributed by atoms with van der Waals surface area (Å²) in [6.45, 7) is -0.111. The molecule has 0 bridgehead atoms. The lowest BCUT2D eigenvalue weighted by molar-refractivity contribution is -0.124. The second-order valence-corrected chi connectivity index (χ2v) is 2.22. The summed E-state index contributed by atoms with van der Waals surface area (Å²) in [6, 6.07) is 7.87. The first-order valence-corrected chi connectivity index (χ1v) is 3.65. The van der Waals surface area contributed by atoms with Crippen molar-refractivity contribution in [3.8, 4) is 0 Å². The number of hydrogen-bond donors (Lipinski definition) is 0. The molecular formula is C9H6O5. The Labute approximate surface area is 79.2 Å². The molecule has 0 heterocycles. The lowest BCUT2D eigenvalue weighted by atomic mass is 10.2. The van der Waals surface area contributed by atoms with Crippen molar-refractivity contribution in [1.82, 2.24) is 0 Å². The van der Waals surface area contributed by atoms with Crippen LogP contribution >= 0.6 is 0 Å². The first-order valence-electron chi connectivity index (χ1n) is 3.65. The van der Waals surface area contributed by atoms with Gasteiger partial charge in [-0.15, -0.1) is 0 Å². The normalized spacial score (nSPS) is 8.86. The summed E-state index contributed by atoms with van der Waals surface area (Å²) in [5, 5.41) is 0. The molecule has 72 valence electrons. The van der Waals surface area contributed by atoms with Crippen molar-refractivity contribution in [2.75, 3.05) is 0 Å². The maximum absolute atomic E-state index is 11.1. The van der Waals surface area contributed by atoms with Crippen LogP contribution in [0.15, 0.2) is 30.3 Å². The van der Waals surface area contributed by atoms with E-state index >= 15 is 0 Å². The average molecular weight is 194 g/mol. The van der Waals surface area contributed by atoms with Gasteiger partial charge in [0.1, 0.15) is 0 Å². The number of carbonyl (C=O) groups excluding carboxylic acids is 3. The van der Waals surface area contributed by atoms with Crippen LogP contribution in [0.4, 0.5) is 4.79 Å². The predicted octanol–water partition coefficient (Wildman–Crippen LogP) is 1.14. The van der Waals surface area contributed by atoms with Crippen molar-refractivity contribution in [2.24, 2.45) is 0 Å². The molecule has 0 unspecified atom stereocenters. The lowest BCUT2D eigenvalue weighted by Crippen LogP contribution is -2.13. The molecule has 0 spiro atoms. The molecule has 1 aromatic rings. The average Bonchev–Trinajstić information content (AvgIpc) is 2.19. The number of hydrogen-bond acceptors (Lipinski definition) is 5. The van der Waals surface area contributed by atoms with Gasteiger partial charge in [0.15, 0.2) is 0 Å². The van der Waals surface area contributed by atoms with E-state index in [9.17, 15) is 14.4 Å². The maximum atomic E-state index is 11.1. The van der Waals surface area contributed by atoms with Gasteiger partial charge in [-0.25, -0.2) is 9.59 Å². The van der Waals surface area contributed by atoms with Crippen LogP contribution < -0.4 is 0 Å². The molecule has 5 nitrogen and oxygen atoms in total. The molecule has 1 aromatic carbocycles. The van der Waals surface area contributed by atoms with Crippen molar-refractivity contribution in [3.63, 3.8) is 0 Å². The number of ether oxygens (including phenoxy) is 2. The molecule has 0 N–H and O–H groups in total. The Balaban J connectivity index is 2.59. The molecule has 0 saturated carbocycles. The van der Waals surface area contributed by atoms with Gasteiger partial charge in [0.25, 0.3) is 0 Å². The summed E-state index contributed by atoms with van der Waals surface area (Å²) in [5.74, 6) is -0.863. The summed E-state index contributed by atoms with van der Waals surface area (Å²) in [7, 11) is 0. The minimum Gasteiger partial charge on any atom is -0.363 e. The largest absolute Gasteiger partial charge is 0.524 e. The van der Waals surface area contributed by atoms with E-state index in [0.29, 0.717) is 0 Å². The Hall–Kier alpha value is -2.17. The molecular weight excluding hydrogens is 188 g/mol. The van der Waals surface area contributed by atoms with Gasteiger partial charge in [0.2, 0.25) is 0 Å². The Kier molecular flexibility index (Phi) is 3.37. The quantitative estimate of drug-likeness (QED) is 0.401. The zero-order valence-corrected chi connectivity index (χ0v) is 7.01. The van der Waals surface area contributed by atoms with E-state index in [-0.39, 0.29) is 12.0 Å². The van der Waals surface area contributed by atoms with Gasteiger partial charge in [-0.1, -0.05) is 18.2 Å². The zero-order valence-electron chi connectivity index (χ0n) is 7.01. The highest BCUT2D eigenvalue weighted by molar-refractivity contribution is 5.95. The standard InChI is InChI=1S/C9H6O5/c10-6-13-9(12)14-8(11)7-4-2-1-3-5-7/h1-6H. The number of carbonyl (C=O) groups is 3. The van der Waals surface area contributed by atoms with Crippen molar-refractivity contribution >= 4 is 18.6 Å². The van der Waals surface area contributed by atoms with Crippen LogP contribution in [0.1, 0.15) is 10.4 Å². The van der Waals surface area contributed by atoms with E-state index in [1.165, 1.54) is 12.1 Å². The van der Waals surface area contributed by atoms with Crippen molar-refractivity contribution in [3.05, 3.63) is 35.9 Å². The van der Waals surface area contributed by atoms with E-state index < -0.39 is 12.1 Å². The van der Waals surface area contributed by atoms with Crippen LogP contribution in [0, 0.1) is 0 Å². The second kappa shape index (κ2) is 4.76. The summed E-state index contributed by atoms with van der Waals surface area (Å²) in [5.41, 5.74) is 0.204. The topological polar surface area (TPSA) is 69.7 Å². The summed E-state index contributed by atoms with van der Waals surface area (Å²) in [4.78, 5) is 31.3. The number of rotatable bonds is 2. The minimum atomic E-state index is -1.34. The zero-order chi connectivity index (χ0) is 10.4. The smallest absolute Gasteiger partial charge is 0.363 e. The van der Waals surface area contributed by atoms with Gasteiger partial charge >= 0.3 is 18.6 Å². The minimum absolute atomic E-state index is 0.111. The fraction of sp³-hybridized carbons (Fsp3) is 0. The van der Waals surface area contributed by atoms with Gasteiger partial charge in [-0.3, -0.25) is 4.79 Å². The summed E-state index contributed by atoms with van der Waals surface area (Å²) >= 11 is 0. The van der Waals surface area contributed by atoms with Crippen molar-refractivity contribution < 1.29 is 23.9 Å². The first-order chi connectivity index (χ1) is 6.74. The van der Waals surface area contributed by atoms with Gasteiger partial charge < -0.3 is 9.47 Å². The first kappa shape index (κ1) is 9.91. The summed E-state index contributed by atoms with van der Waals surface area (Å²) < 4.78 is 7.92. The highest BCUT2D eigenvalue weighted by atomic mass is 16.7. The predicted molar refractivity (Wildman–Crippen MR) is 44.4 cm³/mol. The Morgan fingerprint density at radius 2 is 1.79 bits per heavy atom. The van der Waals surface area contributed by atoms with E-state index in [1.807, 2.05) is 0 Å². The third kappa shape index (κ3) is 2.71. The van der Waals surface area contributed by atoms with Gasteiger partial charge in [0, 0.05) is 0 Å². The van der Waals surface area contributed by atoms with E-state index in [4.69, 9.17) is 0 Å². The van der Waals surface area contributed by atoms with Gasteiger partial charge in [-0.05, 0) is 12.1 Å². The van der Waals surface area contributed by atoms with Crippen molar-refractivity contribution in [1.29, 1.82) is 0 Å². The van der Waals surface area contributed by atoms with Gasteiger partial charge in [0.05, 0.1) is 5.56 Å². The fourth-order valence-corrected chi connectivity index (χ4v) is 0.772. The van der Waals surface area contributed by atoms with Crippen LogP contribution in [-0.4, -0.2) is 18.6 Å². The van der Waals surface area contributed by atoms with Gasteiger partial charge in [-0.2, -0.15) is 0 Å².